The Morgan fingerprint density at radius 2 is 1.97 bits per heavy atom. The lowest BCUT2D eigenvalue weighted by atomic mass is 9.81. The molecule has 2 aromatic rings. The van der Waals surface area contributed by atoms with Gasteiger partial charge in [-0.05, 0) is 63.3 Å². The standard InChI is InChI=1S/C27H35F3N6O/c1-17(2)23-21(7-6-12-32-23)24(31-4)34-25-18(3)37-14-13-36(25)15-19-8-10-20(11-9-19)26-33-22(16-35(26)5)27(28,29)30/h6-7,12,16-17,19-20H,4,8-11,13-15H2,1-3,5H3. The molecular weight excluding hydrogens is 481 g/mol. The van der Waals surface area contributed by atoms with Crippen molar-refractivity contribution in [2.45, 2.75) is 64.5 Å². The van der Waals surface area contributed by atoms with Gasteiger partial charge < -0.3 is 14.2 Å². The highest BCUT2D eigenvalue weighted by atomic mass is 19.4. The molecule has 2 aromatic heterocycles. The summed E-state index contributed by atoms with van der Waals surface area (Å²) in [6.45, 7) is 11.9. The van der Waals surface area contributed by atoms with E-state index >= 15 is 0 Å². The van der Waals surface area contributed by atoms with Crippen molar-refractivity contribution >= 4 is 12.6 Å². The molecule has 0 amide bonds. The van der Waals surface area contributed by atoms with Gasteiger partial charge in [0.2, 0.25) is 0 Å². The third kappa shape index (κ3) is 6.05. The van der Waals surface area contributed by atoms with Crippen molar-refractivity contribution in [1.82, 2.24) is 19.4 Å². The number of hydrogen-bond acceptors (Lipinski definition) is 5. The van der Waals surface area contributed by atoms with Crippen molar-refractivity contribution in [2.75, 3.05) is 19.7 Å². The van der Waals surface area contributed by atoms with E-state index in [0.717, 1.165) is 61.3 Å². The number of nitrogens with zero attached hydrogens (tertiary/aromatic N) is 6. The summed E-state index contributed by atoms with van der Waals surface area (Å²) in [7, 11) is 1.65. The second-order valence-electron chi connectivity index (χ2n) is 10.2. The Morgan fingerprint density at radius 3 is 2.59 bits per heavy atom. The van der Waals surface area contributed by atoms with Crippen LogP contribution in [0.4, 0.5) is 13.2 Å². The van der Waals surface area contributed by atoms with Gasteiger partial charge in [-0.3, -0.25) is 4.98 Å². The molecular formula is C27H35F3N6O. The first-order valence-electron chi connectivity index (χ1n) is 12.8. The average molecular weight is 517 g/mol. The number of allylic oxidation sites excluding steroid dienone is 1. The van der Waals surface area contributed by atoms with Crippen molar-refractivity contribution in [3.05, 3.63) is 58.9 Å². The summed E-state index contributed by atoms with van der Waals surface area (Å²) in [5, 5.41) is 0. The van der Waals surface area contributed by atoms with Crippen molar-refractivity contribution in [1.29, 1.82) is 0 Å². The molecule has 0 radical (unpaired) electrons. The monoisotopic (exact) mass is 516 g/mol. The molecule has 10 heteroatoms. The van der Waals surface area contributed by atoms with Crippen LogP contribution in [-0.4, -0.2) is 51.7 Å². The minimum absolute atomic E-state index is 0.0356. The largest absolute Gasteiger partial charge is 0.493 e. The van der Waals surface area contributed by atoms with Crippen molar-refractivity contribution < 1.29 is 17.9 Å². The van der Waals surface area contributed by atoms with E-state index in [1.54, 1.807) is 13.2 Å². The maximum atomic E-state index is 13.1. The molecule has 0 spiro atoms. The molecule has 0 saturated heterocycles. The lowest BCUT2D eigenvalue weighted by Crippen LogP contribution is -2.36. The van der Waals surface area contributed by atoms with E-state index in [1.165, 1.54) is 4.57 Å². The van der Waals surface area contributed by atoms with Crippen LogP contribution in [0.3, 0.4) is 0 Å². The maximum Gasteiger partial charge on any atom is 0.434 e. The number of ether oxygens (including phenoxy) is 1. The van der Waals surface area contributed by atoms with E-state index in [2.05, 4.69) is 40.4 Å². The number of aromatic nitrogens is 3. The van der Waals surface area contributed by atoms with E-state index in [0.29, 0.717) is 30.7 Å². The van der Waals surface area contributed by atoms with Crippen LogP contribution in [-0.2, 0) is 18.0 Å². The highest BCUT2D eigenvalue weighted by Crippen LogP contribution is 2.38. The summed E-state index contributed by atoms with van der Waals surface area (Å²) >= 11 is 0. The van der Waals surface area contributed by atoms with Crippen LogP contribution in [0.1, 0.15) is 81.1 Å². The molecule has 0 unspecified atom stereocenters. The first-order chi connectivity index (χ1) is 17.6. The number of halogens is 3. The molecule has 4 rings (SSSR count). The topological polar surface area (TPSA) is 67.9 Å². The number of amidine groups is 1. The molecule has 1 saturated carbocycles. The summed E-state index contributed by atoms with van der Waals surface area (Å²) in [4.78, 5) is 19.8. The van der Waals surface area contributed by atoms with Gasteiger partial charge in [0.05, 0.1) is 12.2 Å². The van der Waals surface area contributed by atoms with Gasteiger partial charge in [0, 0.05) is 37.5 Å². The summed E-state index contributed by atoms with van der Waals surface area (Å²) in [6.07, 6.45) is 1.89. The Labute approximate surface area is 216 Å². The minimum atomic E-state index is -4.42. The van der Waals surface area contributed by atoms with Crippen LogP contribution >= 0.6 is 0 Å². The third-order valence-corrected chi connectivity index (χ3v) is 7.18. The first kappa shape index (κ1) is 26.9. The van der Waals surface area contributed by atoms with Crippen molar-refractivity contribution in [3.8, 4) is 0 Å². The highest BCUT2D eigenvalue weighted by molar-refractivity contribution is 6.02. The summed E-state index contributed by atoms with van der Waals surface area (Å²) in [5.41, 5.74) is 0.952. The van der Waals surface area contributed by atoms with E-state index in [9.17, 15) is 13.2 Å². The van der Waals surface area contributed by atoms with E-state index in [4.69, 9.17) is 9.73 Å². The molecule has 0 atom stereocenters. The fourth-order valence-corrected chi connectivity index (χ4v) is 5.29. The zero-order chi connectivity index (χ0) is 26.7. The van der Waals surface area contributed by atoms with Gasteiger partial charge in [0.1, 0.15) is 18.2 Å². The van der Waals surface area contributed by atoms with Crippen molar-refractivity contribution in [3.63, 3.8) is 0 Å². The fourth-order valence-electron chi connectivity index (χ4n) is 5.29. The van der Waals surface area contributed by atoms with Gasteiger partial charge in [-0.1, -0.05) is 13.8 Å². The van der Waals surface area contributed by atoms with Gasteiger partial charge in [-0.2, -0.15) is 13.2 Å². The van der Waals surface area contributed by atoms with E-state index < -0.39 is 11.9 Å². The summed E-state index contributed by atoms with van der Waals surface area (Å²) in [6, 6.07) is 3.83. The second kappa shape index (κ2) is 11.1. The van der Waals surface area contributed by atoms with Crippen LogP contribution in [0.15, 0.2) is 46.1 Å². The normalized spacial score (nSPS) is 21.4. The zero-order valence-corrected chi connectivity index (χ0v) is 21.9. The predicted octanol–water partition coefficient (Wildman–Crippen LogP) is 5.90. The number of alkyl halides is 3. The van der Waals surface area contributed by atoms with Gasteiger partial charge in [0.25, 0.3) is 0 Å². The molecule has 1 aliphatic carbocycles. The number of pyridine rings is 1. The quantitative estimate of drug-likeness (QED) is 0.354. The average Bonchev–Trinajstić information content (AvgIpc) is 3.26. The summed E-state index contributed by atoms with van der Waals surface area (Å²) < 4.78 is 46.7. The maximum absolute atomic E-state index is 13.1. The molecule has 2 aliphatic rings. The number of hydrogen-bond donors (Lipinski definition) is 0. The minimum Gasteiger partial charge on any atom is -0.493 e. The van der Waals surface area contributed by atoms with Gasteiger partial charge in [-0.25, -0.2) is 15.0 Å². The van der Waals surface area contributed by atoms with Crippen LogP contribution in [0.5, 0.6) is 0 Å². The van der Waals surface area contributed by atoms with E-state index in [-0.39, 0.29) is 11.8 Å². The summed E-state index contributed by atoms with van der Waals surface area (Å²) in [5.74, 6) is 3.17. The lowest BCUT2D eigenvalue weighted by molar-refractivity contribution is -0.141. The lowest BCUT2D eigenvalue weighted by Gasteiger charge is -2.36. The van der Waals surface area contributed by atoms with Crippen LogP contribution in [0.2, 0.25) is 0 Å². The molecule has 1 fully saturated rings. The van der Waals surface area contributed by atoms with Gasteiger partial charge in [0.15, 0.2) is 17.4 Å². The Balaban J connectivity index is 1.48. The highest BCUT2D eigenvalue weighted by Gasteiger charge is 2.36. The number of imidazole rings is 1. The first-order valence-corrected chi connectivity index (χ1v) is 12.8. The van der Waals surface area contributed by atoms with Crippen molar-refractivity contribution in [2.24, 2.45) is 23.0 Å². The zero-order valence-electron chi connectivity index (χ0n) is 21.9. The van der Waals surface area contributed by atoms with Gasteiger partial charge in [-0.15, -0.1) is 0 Å². The molecule has 37 heavy (non-hydrogen) atoms. The third-order valence-electron chi connectivity index (χ3n) is 7.18. The molecule has 200 valence electrons. The van der Waals surface area contributed by atoms with Gasteiger partial charge >= 0.3 is 6.18 Å². The Kier molecular flexibility index (Phi) is 8.04. The second-order valence-corrected chi connectivity index (χ2v) is 10.2. The molecule has 0 aromatic carbocycles. The van der Waals surface area contributed by atoms with Crippen LogP contribution < -0.4 is 0 Å². The number of rotatable bonds is 6. The molecule has 1 aliphatic heterocycles. The smallest absolute Gasteiger partial charge is 0.434 e. The Hall–Kier alpha value is -3.17. The molecule has 3 heterocycles. The Morgan fingerprint density at radius 1 is 1.24 bits per heavy atom. The van der Waals surface area contributed by atoms with Crippen LogP contribution in [0, 0.1) is 5.92 Å². The molecule has 7 nitrogen and oxygen atoms in total. The molecule has 0 bridgehead atoms. The molecule has 0 N–H and O–H groups in total. The number of aliphatic imine (C=N–C) groups is 2. The fraction of sp³-hybridized carbons (Fsp3) is 0.556. The predicted molar refractivity (Wildman–Crippen MR) is 138 cm³/mol. The van der Waals surface area contributed by atoms with Crippen LogP contribution in [0.25, 0.3) is 0 Å². The Bertz CT molecular complexity index is 1180. The SMILES string of the molecule is C=NC(=NC1=C(C)OCCN1CC1CCC(c2nc(C(F)(F)F)cn2C)CC1)c1cccnc1C(C)C. The number of aryl methyl sites for hydroxylation is 1. The van der Waals surface area contributed by atoms with E-state index in [1.807, 2.05) is 19.1 Å².